The fraction of sp³-hybridized carbons (Fsp3) is 0.750. The number of aliphatic hydroxyl groups is 2. The Morgan fingerprint density at radius 1 is 1.38 bits per heavy atom. The van der Waals surface area contributed by atoms with Gasteiger partial charge in [0.25, 0.3) is 0 Å². The van der Waals surface area contributed by atoms with Crippen LogP contribution in [0.15, 0.2) is 11.6 Å². The lowest BCUT2D eigenvalue weighted by molar-refractivity contribution is -0.255. The van der Waals surface area contributed by atoms with E-state index in [0.717, 1.165) is 0 Å². The predicted molar refractivity (Wildman–Crippen MR) is 40.0 cm³/mol. The Hall–Kier alpha value is -0.550. The summed E-state index contributed by atoms with van der Waals surface area (Å²) in [6, 6.07) is 0. The normalized spacial score (nSPS) is 22.7. The van der Waals surface area contributed by atoms with E-state index in [-0.39, 0.29) is 12.0 Å². The van der Waals surface area contributed by atoms with Crippen molar-refractivity contribution in [2.45, 2.75) is 31.0 Å². The zero-order valence-electron chi connectivity index (χ0n) is 6.93. The lowest BCUT2D eigenvalue weighted by Crippen LogP contribution is -2.49. The molecule has 0 saturated carbocycles. The van der Waals surface area contributed by atoms with Gasteiger partial charge in [-0.1, -0.05) is 6.08 Å². The minimum absolute atomic E-state index is 0.109. The molecule has 0 aromatic rings. The van der Waals surface area contributed by atoms with Crippen molar-refractivity contribution in [3.8, 4) is 0 Å². The van der Waals surface area contributed by atoms with E-state index in [4.69, 9.17) is 5.11 Å². The summed E-state index contributed by atoms with van der Waals surface area (Å²) in [6.07, 6.45) is -2.10. The van der Waals surface area contributed by atoms with Gasteiger partial charge in [0.1, 0.15) is 0 Å². The molecule has 0 saturated heterocycles. The summed E-state index contributed by atoms with van der Waals surface area (Å²) in [4.78, 5) is 0. The maximum atomic E-state index is 12.3. The molecule has 1 atom stereocenters. The van der Waals surface area contributed by atoms with Gasteiger partial charge in [0.15, 0.2) is 0 Å². The van der Waals surface area contributed by atoms with Crippen LogP contribution in [0.1, 0.15) is 19.3 Å². The highest BCUT2D eigenvalue weighted by molar-refractivity contribution is 5.23. The van der Waals surface area contributed by atoms with Gasteiger partial charge in [-0.25, -0.2) is 0 Å². The smallest absolute Gasteiger partial charge is 0.393 e. The van der Waals surface area contributed by atoms with Gasteiger partial charge < -0.3 is 10.2 Å². The van der Waals surface area contributed by atoms with Gasteiger partial charge in [0.2, 0.25) is 5.60 Å². The molecule has 0 fully saturated rings. The van der Waals surface area contributed by atoms with Gasteiger partial charge >= 0.3 is 6.18 Å². The maximum absolute atomic E-state index is 12.3. The first-order valence-electron chi connectivity index (χ1n) is 4.01. The minimum Gasteiger partial charge on any atom is -0.393 e. The van der Waals surface area contributed by atoms with Crippen molar-refractivity contribution in [2.24, 2.45) is 0 Å². The van der Waals surface area contributed by atoms with Gasteiger partial charge in [-0.2, -0.15) is 13.2 Å². The fourth-order valence-electron chi connectivity index (χ4n) is 1.42. The maximum Gasteiger partial charge on any atom is 0.423 e. The van der Waals surface area contributed by atoms with E-state index in [1.54, 1.807) is 0 Å². The fourth-order valence-corrected chi connectivity index (χ4v) is 1.42. The van der Waals surface area contributed by atoms with Crippen LogP contribution in [0.4, 0.5) is 13.2 Å². The van der Waals surface area contributed by atoms with Crippen LogP contribution in [0.3, 0.4) is 0 Å². The van der Waals surface area contributed by atoms with E-state index >= 15 is 0 Å². The van der Waals surface area contributed by atoms with Crippen LogP contribution in [-0.4, -0.2) is 28.6 Å². The van der Waals surface area contributed by atoms with Crippen molar-refractivity contribution in [2.75, 3.05) is 6.61 Å². The molecule has 0 amide bonds. The van der Waals surface area contributed by atoms with Crippen LogP contribution in [0.5, 0.6) is 0 Å². The third kappa shape index (κ3) is 1.71. The number of halogens is 3. The number of aliphatic hydroxyl groups excluding tert-OH is 1. The number of hydrogen-bond donors (Lipinski definition) is 2. The Morgan fingerprint density at radius 3 is 2.31 bits per heavy atom. The highest BCUT2D eigenvalue weighted by Crippen LogP contribution is 2.40. The zero-order chi connectivity index (χ0) is 10.1. The Kier molecular flexibility index (Phi) is 2.68. The Bertz CT molecular complexity index is 222. The molecule has 0 radical (unpaired) electrons. The highest BCUT2D eigenvalue weighted by Gasteiger charge is 2.55. The van der Waals surface area contributed by atoms with E-state index in [1.807, 2.05) is 0 Å². The Morgan fingerprint density at radius 2 is 2.00 bits per heavy atom. The van der Waals surface area contributed by atoms with Gasteiger partial charge in [0.05, 0.1) is 6.61 Å². The first-order chi connectivity index (χ1) is 5.92. The molecule has 0 aromatic carbocycles. The largest absolute Gasteiger partial charge is 0.423 e. The minimum atomic E-state index is -4.79. The standard InChI is InChI=1S/C8H11F3O2/c9-8(10,11)7(13,5-12)6-3-1-2-4-6/h3,12-13H,1-2,4-5H2. The summed E-state index contributed by atoms with van der Waals surface area (Å²) in [5.74, 6) is 0. The predicted octanol–water partition coefficient (Wildman–Crippen LogP) is 1.38. The summed E-state index contributed by atoms with van der Waals surface area (Å²) >= 11 is 0. The van der Waals surface area contributed by atoms with Crippen molar-refractivity contribution in [3.63, 3.8) is 0 Å². The molecule has 1 aliphatic carbocycles. The first-order valence-corrected chi connectivity index (χ1v) is 4.01. The molecule has 0 bridgehead atoms. The monoisotopic (exact) mass is 196 g/mol. The van der Waals surface area contributed by atoms with Crippen LogP contribution < -0.4 is 0 Å². The second kappa shape index (κ2) is 3.31. The second-order valence-corrected chi connectivity index (χ2v) is 3.14. The summed E-state index contributed by atoms with van der Waals surface area (Å²) in [5.41, 5.74) is -3.13. The summed E-state index contributed by atoms with van der Waals surface area (Å²) in [7, 11) is 0. The van der Waals surface area contributed by atoms with Crippen molar-refractivity contribution in [3.05, 3.63) is 11.6 Å². The van der Waals surface area contributed by atoms with Crippen LogP contribution in [0.2, 0.25) is 0 Å². The molecule has 2 nitrogen and oxygen atoms in total. The molecule has 0 spiro atoms. The highest BCUT2D eigenvalue weighted by atomic mass is 19.4. The topological polar surface area (TPSA) is 40.5 Å². The van der Waals surface area contributed by atoms with Crippen LogP contribution in [0, 0.1) is 0 Å². The van der Waals surface area contributed by atoms with Crippen molar-refractivity contribution >= 4 is 0 Å². The number of allylic oxidation sites excluding steroid dienone is 1. The van der Waals surface area contributed by atoms with E-state index in [2.05, 4.69) is 0 Å². The van der Waals surface area contributed by atoms with E-state index in [9.17, 15) is 18.3 Å². The average Bonchev–Trinajstić information content (AvgIpc) is 2.52. The van der Waals surface area contributed by atoms with Crippen LogP contribution in [-0.2, 0) is 0 Å². The SMILES string of the molecule is OCC(O)(C1=CCCC1)C(F)(F)F. The van der Waals surface area contributed by atoms with E-state index < -0.39 is 18.4 Å². The van der Waals surface area contributed by atoms with E-state index in [0.29, 0.717) is 12.8 Å². The molecule has 13 heavy (non-hydrogen) atoms. The summed E-state index contributed by atoms with van der Waals surface area (Å²) in [5, 5.41) is 17.8. The molecule has 1 unspecified atom stereocenters. The third-order valence-electron chi connectivity index (χ3n) is 2.27. The zero-order valence-corrected chi connectivity index (χ0v) is 6.93. The molecule has 0 heterocycles. The van der Waals surface area contributed by atoms with E-state index in [1.165, 1.54) is 6.08 Å². The molecule has 76 valence electrons. The molecule has 1 aliphatic rings. The van der Waals surface area contributed by atoms with Gasteiger partial charge in [0, 0.05) is 0 Å². The van der Waals surface area contributed by atoms with Gasteiger partial charge in [-0.05, 0) is 24.8 Å². The molecule has 0 aliphatic heterocycles. The number of alkyl halides is 3. The molecular formula is C8H11F3O2. The lowest BCUT2D eigenvalue weighted by Gasteiger charge is -2.29. The Labute approximate surface area is 73.7 Å². The van der Waals surface area contributed by atoms with Crippen molar-refractivity contribution in [1.29, 1.82) is 0 Å². The molecular weight excluding hydrogens is 185 g/mol. The summed E-state index contributed by atoms with van der Waals surface area (Å²) < 4.78 is 36.9. The number of rotatable bonds is 2. The quantitative estimate of drug-likeness (QED) is 0.655. The average molecular weight is 196 g/mol. The molecule has 2 N–H and O–H groups in total. The van der Waals surface area contributed by atoms with Gasteiger partial charge in [-0.15, -0.1) is 0 Å². The molecule has 1 rings (SSSR count). The second-order valence-electron chi connectivity index (χ2n) is 3.14. The molecule has 5 heteroatoms. The van der Waals surface area contributed by atoms with Crippen molar-refractivity contribution < 1.29 is 23.4 Å². The van der Waals surface area contributed by atoms with Gasteiger partial charge in [-0.3, -0.25) is 0 Å². The first kappa shape index (κ1) is 10.5. The number of hydrogen-bond acceptors (Lipinski definition) is 2. The lowest BCUT2D eigenvalue weighted by atomic mass is 9.93. The van der Waals surface area contributed by atoms with Crippen molar-refractivity contribution in [1.82, 2.24) is 0 Å². The molecule has 0 aromatic heterocycles. The third-order valence-corrected chi connectivity index (χ3v) is 2.27. The van der Waals surface area contributed by atoms with Crippen LogP contribution in [0.25, 0.3) is 0 Å². The van der Waals surface area contributed by atoms with Crippen LogP contribution >= 0.6 is 0 Å². The summed E-state index contributed by atoms with van der Waals surface area (Å²) in [6.45, 7) is -1.30. The Balaban J connectivity index is 2.92.